The Hall–Kier alpha value is -3.80. The highest BCUT2D eigenvalue weighted by Crippen LogP contribution is 2.26. The third kappa shape index (κ3) is 6.85. The molecule has 1 aliphatic rings. The molecule has 0 fully saturated rings. The van der Waals surface area contributed by atoms with Gasteiger partial charge in [0.05, 0.1) is 18.8 Å². The molecule has 3 aromatic rings. The Bertz CT molecular complexity index is 1160. The third-order valence-electron chi connectivity index (χ3n) is 4.93. The SMILES string of the molecule is O=C(NCC1OCCc2cn(Cc3ccccc3)nc21)c1c(F)cccc1F.O=C(O)C(F)(F)F. The Morgan fingerprint density at radius 1 is 1.09 bits per heavy atom. The summed E-state index contributed by atoms with van der Waals surface area (Å²) in [4.78, 5) is 21.1. The fourth-order valence-electron chi connectivity index (χ4n) is 3.33. The number of aromatic nitrogens is 2. The van der Waals surface area contributed by atoms with Crippen molar-refractivity contribution in [1.82, 2.24) is 15.1 Å². The first-order valence-corrected chi connectivity index (χ1v) is 10.3. The summed E-state index contributed by atoms with van der Waals surface area (Å²) in [7, 11) is 0. The van der Waals surface area contributed by atoms with Crippen molar-refractivity contribution in [3.8, 4) is 0 Å². The molecule has 0 spiro atoms. The second-order valence-electron chi connectivity index (χ2n) is 7.44. The van der Waals surface area contributed by atoms with Gasteiger partial charge in [0.1, 0.15) is 23.3 Å². The molecule has 1 unspecified atom stereocenters. The van der Waals surface area contributed by atoms with E-state index in [1.165, 1.54) is 6.07 Å². The van der Waals surface area contributed by atoms with Crippen LogP contribution in [0.1, 0.15) is 33.3 Å². The Balaban J connectivity index is 0.000000429. The molecule has 0 bridgehead atoms. The molecule has 0 aliphatic carbocycles. The topological polar surface area (TPSA) is 93.5 Å². The van der Waals surface area contributed by atoms with Crippen LogP contribution in [-0.2, 0) is 22.5 Å². The van der Waals surface area contributed by atoms with Gasteiger partial charge in [0.15, 0.2) is 0 Å². The van der Waals surface area contributed by atoms with Crippen LogP contribution in [0.5, 0.6) is 0 Å². The predicted molar refractivity (Wildman–Crippen MR) is 113 cm³/mol. The molecule has 1 atom stereocenters. The van der Waals surface area contributed by atoms with Gasteiger partial charge in [-0.15, -0.1) is 0 Å². The summed E-state index contributed by atoms with van der Waals surface area (Å²) in [6, 6.07) is 13.3. The van der Waals surface area contributed by atoms with Gasteiger partial charge >= 0.3 is 12.1 Å². The maximum Gasteiger partial charge on any atom is 0.490 e. The second kappa shape index (κ2) is 11.1. The number of carbonyl (C=O) groups excluding carboxylic acids is 1. The van der Waals surface area contributed by atoms with Gasteiger partial charge in [-0.1, -0.05) is 36.4 Å². The fourth-order valence-corrected chi connectivity index (χ4v) is 3.33. The van der Waals surface area contributed by atoms with Gasteiger partial charge in [-0.05, 0) is 29.7 Å². The highest BCUT2D eigenvalue weighted by molar-refractivity contribution is 5.94. The molecular formula is C23H20F5N3O4. The molecule has 0 saturated carbocycles. The number of ether oxygens (including phenoxy) is 1. The lowest BCUT2D eigenvalue weighted by atomic mass is 10.1. The zero-order valence-electron chi connectivity index (χ0n) is 18.1. The largest absolute Gasteiger partial charge is 0.490 e. The van der Waals surface area contributed by atoms with E-state index in [9.17, 15) is 26.7 Å². The lowest BCUT2D eigenvalue weighted by molar-refractivity contribution is -0.192. The molecule has 2 N–H and O–H groups in total. The highest BCUT2D eigenvalue weighted by Gasteiger charge is 2.38. The Morgan fingerprint density at radius 2 is 1.71 bits per heavy atom. The van der Waals surface area contributed by atoms with Gasteiger partial charge in [-0.25, -0.2) is 13.6 Å². The lowest BCUT2D eigenvalue weighted by Gasteiger charge is -2.22. The highest BCUT2D eigenvalue weighted by atomic mass is 19.4. The van der Waals surface area contributed by atoms with Crippen molar-refractivity contribution in [2.75, 3.05) is 13.2 Å². The van der Waals surface area contributed by atoms with E-state index >= 15 is 0 Å². The molecule has 35 heavy (non-hydrogen) atoms. The summed E-state index contributed by atoms with van der Waals surface area (Å²) >= 11 is 0. The average Bonchev–Trinajstić information content (AvgIpc) is 3.21. The van der Waals surface area contributed by atoms with Gasteiger partial charge < -0.3 is 15.2 Å². The number of fused-ring (bicyclic) bond motifs is 1. The van der Waals surface area contributed by atoms with E-state index < -0.39 is 41.4 Å². The minimum atomic E-state index is -5.08. The third-order valence-corrected chi connectivity index (χ3v) is 4.93. The molecule has 0 radical (unpaired) electrons. The summed E-state index contributed by atoms with van der Waals surface area (Å²) in [6.07, 6.45) is -2.83. The van der Waals surface area contributed by atoms with Crippen molar-refractivity contribution >= 4 is 11.9 Å². The number of nitrogens with one attached hydrogen (secondary N) is 1. The van der Waals surface area contributed by atoms with Crippen LogP contribution in [0.2, 0.25) is 0 Å². The fraction of sp³-hybridized carbons (Fsp3) is 0.261. The molecule has 1 aliphatic heterocycles. The first-order chi connectivity index (χ1) is 16.6. The molecule has 1 aromatic heterocycles. The number of halogens is 5. The number of amides is 1. The molecular weight excluding hydrogens is 477 g/mol. The number of nitrogens with zero attached hydrogens (tertiary/aromatic N) is 2. The van der Waals surface area contributed by atoms with Crippen LogP contribution in [-0.4, -0.2) is 46.1 Å². The summed E-state index contributed by atoms with van der Waals surface area (Å²) < 4.78 is 66.9. The number of rotatable bonds is 5. The Labute approximate surface area is 196 Å². The van der Waals surface area contributed by atoms with Gasteiger partial charge in [0.25, 0.3) is 5.91 Å². The van der Waals surface area contributed by atoms with Crippen molar-refractivity contribution in [3.05, 3.63) is 88.7 Å². The van der Waals surface area contributed by atoms with Crippen LogP contribution in [0.25, 0.3) is 0 Å². The van der Waals surface area contributed by atoms with Gasteiger partial charge in [-0.2, -0.15) is 18.3 Å². The summed E-state index contributed by atoms with van der Waals surface area (Å²) in [6.45, 7) is 1.22. The smallest absolute Gasteiger partial charge is 0.475 e. The van der Waals surface area contributed by atoms with Crippen molar-refractivity contribution in [1.29, 1.82) is 0 Å². The van der Waals surface area contributed by atoms with Crippen LogP contribution in [0, 0.1) is 11.6 Å². The number of carbonyl (C=O) groups is 2. The van der Waals surface area contributed by atoms with Crippen molar-refractivity contribution in [2.45, 2.75) is 25.2 Å². The number of hydrogen-bond donors (Lipinski definition) is 2. The van der Waals surface area contributed by atoms with Gasteiger partial charge in [0, 0.05) is 12.7 Å². The van der Waals surface area contributed by atoms with Crippen LogP contribution >= 0.6 is 0 Å². The van der Waals surface area contributed by atoms with Crippen LogP contribution in [0.15, 0.2) is 54.7 Å². The molecule has 186 valence electrons. The van der Waals surface area contributed by atoms with Crippen LogP contribution in [0.4, 0.5) is 22.0 Å². The summed E-state index contributed by atoms with van der Waals surface area (Å²) in [5, 5.41) is 14.3. The monoisotopic (exact) mass is 497 g/mol. The standard InChI is InChI=1S/C21H19F2N3O2.C2HF3O2/c22-16-7-4-8-17(23)19(16)21(27)24-11-18-20-15(9-10-28-18)13-26(25-20)12-14-5-2-1-3-6-14;3-2(4,5)1(6)7/h1-8,13,18H,9-12H2,(H,24,27);(H,6,7). The van der Waals surface area contributed by atoms with Crippen molar-refractivity contribution in [3.63, 3.8) is 0 Å². The van der Waals surface area contributed by atoms with E-state index in [1.807, 2.05) is 41.2 Å². The second-order valence-corrected chi connectivity index (χ2v) is 7.44. The molecule has 0 saturated heterocycles. The zero-order chi connectivity index (χ0) is 25.6. The molecule has 2 aromatic carbocycles. The zero-order valence-corrected chi connectivity index (χ0v) is 18.1. The number of benzene rings is 2. The van der Waals surface area contributed by atoms with E-state index in [2.05, 4.69) is 10.4 Å². The van der Waals surface area contributed by atoms with E-state index in [1.54, 1.807) is 0 Å². The number of alkyl halides is 3. The minimum absolute atomic E-state index is 0.0853. The van der Waals surface area contributed by atoms with E-state index in [4.69, 9.17) is 14.6 Å². The molecule has 2 heterocycles. The number of carboxylic acids is 1. The Morgan fingerprint density at radius 3 is 2.31 bits per heavy atom. The van der Waals surface area contributed by atoms with Crippen molar-refractivity contribution in [2.24, 2.45) is 0 Å². The molecule has 7 nitrogen and oxygen atoms in total. The minimum Gasteiger partial charge on any atom is -0.475 e. The normalized spacial score (nSPS) is 14.9. The predicted octanol–water partition coefficient (Wildman–Crippen LogP) is 3.89. The summed E-state index contributed by atoms with van der Waals surface area (Å²) in [5.74, 6) is -5.35. The summed E-state index contributed by atoms with van der Waals surface area (Å²) in [5.41, 5.74) is 2.34. The maximum atomic E-state index is 13.8. The quantitative estimate of drug-likeness (QED) is 0.522. The van der Waals surface area contributed by atoms with E-state index in [-0.39, 0.29) is 6.54 Å². The number of hydrogen-bond acceptors (Lipinski definition) is 4. The molecule has 1 amide bonds. The van der Waals surface area contributed by atoms with E-state index in [0.717, 1.165) is 35.4 Å². The van der Waals surface area contributed by atoms with Crippen LogP contribution < -0.4 is 5.32 Å². The first kappa shape index (κ1) is 25.8. The first-order valence-electron chi connectivity index (χ1n) is 10.3. The lowest BCUT2D eigenvalue weighted by Crippen LogP contribution is -2.33. The number of aliphatic carboxylic acids is 1. The molecule has 12 heteroatoms. The average molecular weight is 497 g/mol. The maximum absolute atomic E-state index is 13.8. The molecule has 4 rings (SSSR count). The van der Waals surface area contributed by atoms with E-state index in [0.29, 0.717) is 13.2 Å². The van der Waals surface area contributed by atoms with Crippen LogP contribution in [0.3, 0.4) is 0 Å². The Kier molecular flexibility index (Phi) is 8.18. The number of carboxylic acid groups (broad SMARTS) is 1. The van der Waals surface area contributed by atoms with Crippen molar-refractivity contribution < 1.29 is 41.4 Å². The van der Waals surface area contributed by atoms with Gasteiger partial charge in [-0.3, -0.25) is 9.48 Å². The van der Waals surface area contributed by atoms with Gasteiger partial charge in [0.2, 0.25) is 0 Å².